The minimum atomic E-state index is -1.36. The van der Waals surface area contributed by atoms with Gasteiger partial charge in [-0.15, -0.1) is 0 Å². The first kappa shape index (κ1) is 30.1. The highest BCUT2D eigenvalue weighted by Gasteiger charge is 2.24. The highest BCUT2D eigenvalue weighted by atomic mass is 16.5. The molecule has 1 saturated heterocycles. The van der Waals surface area contributed by atoms with Crippen LogP contribution in [0.25, 0.3) is 0 Å². The maximum Gasteiger partial charge on any atom is 0.317 e. The van der Waals surface area contributed by atoms with Gasteiger partial charge in [0.15, 0.2) is 0 Å². The van der Waals surface area contributed by atoms with Gasteiger partial charge in [0.05, 0.1) is 43.7 Å². The van der Waals surface area contributed by atoms with Gasteiger partial charge in [-0.05, 0) is 5.56 Å². The number of ether oxygens (including phenoxy) is 1. The van der Waals surface area contributed by atoms with Gasteiger partial charge in [0.25, 0.3) is 0 Å². The fourth-order valence-corrected chi connectivity index (χ4v) is 4.08. The summed E-state index contributed by atoms with van der Waals surface area (Å²) in [5.74, 6) is -5.06. The van der Waals surface area contributed by atoms with E-state index in [0.29, 0.717) is 0 Å². The van der Waals surface area contributed by atoms with Crippen molar-refractivity contribution >= 4 is 23.9 Å². The summed E-state index contributed by atoms with van der Waals surface area (Å²) in [6, 6.07) is 8.05. The molecule has 1 fully saturated rings. The van der Waals surface area contributed by atoms with E-state index in [1.165, 1.54) is 0 Å². The summed E-state index contributed by atoms with van der Waals surface area (Å²) in [4.78, 5) is 52.1. The van der Waals surface area contributed by atoms with Crippen molar-refractivity contribution in [1.82, 2.24) is 19.6 Å². The molecule has 1 heterocycles. The fourth-order valence-electron chi connectivity index (χ4n) is 4.08. The SMILES string of the molecule is O=C([O-])CN1CCN(CC(=O)[O-])CCN(C(COCc2ccccc2)C(=O)[O-])CCN(CC(=O)O)CC1. The summed E-state index contributed by atoms with van der Waals surface area (Å²) in [5.41, 5.74) is 0.863. The predicted molar refractivity (Wildman–Crippen MR) is 123 cm³/mol. The number of benzene rings is 1. The quantitative estimate of drug-likeness (QED) is 0.277. The van der Waals surface area contributed by atoms with Crippen LogP contribution in [0.4, 0.5) is 0 Å². The summed E-state index contributed by atoms with van der Waals surface area (Å²) in [7, 11) is 0. The van der Waals surface area contributed by atoms with Crippen LogP contribution in [-0.4, -0.2) is 133 Å². The molecule has 0 saturated carbocycles. The molecule has 1 aliphatic heterocycles. The maximum absolute atomic E-state index is 12.1. The van der Waals surface area contributed by atoms with E-state index in [0.717, 1.165) is 5.56 Å². The standard InChI is InChI=1S/C24H36N4O9/c29-21(30)14-25-6-8-26(15-22(31)32)10-12-28(13-11-27(9-7-25)16-23(33)34)20(24(35)36)18-37-17-19-4-2-1-3-5-19/h1-5,20H,6-18H2,(H,29,30)(H,31,32)(H,33,34)(H,35,36)/p-3. The number of nitrogens with zero attached hydrogens (tertiary/aromatic N) is 4. The van der Waals surface area contributed by atoms with Crippen LogP contribution < -0.4 is 15.3 Å². The molecule has 0 bridgehead atoms. The van der Waals surface area contributed by atoms with Gasteiger partial charge in [-0.1, -0.05) is 30.3 Å². The van der Waals surface area contributed by atoms with Crippen molar-refractivity contribution in [3.63, 3.8) is 0 Å². The lowest BCUT2D eigenvalue weighted by Crippen LogP contribution is -2.56. The molecule has 13 heteroatoms. The molecule has 37 heavy (non-hydrogen) atoms. The normalized spacial score (nSPS) is 18.4. The van der Waals surface area contributed by atoms with E-state index in [4.69, 9.17) is 4.74 Å². The lowest BCUT2D eigenvalue weighted by molar-refractivity contribution is -0.313. The number of rotatable bonds is 12. The Hall–Kier alpha value is -3.10. The van der Waals surface area contributed by atoms with Crippen molar-refractivity contribution in [2.75, 3.05) is 78.6 Å². The van der Waals surface area contributed by atoms with Gasteiger partial charge in [-0.25, -0.2) is 0 Å². The third-order valence-corrected chi connectivity index (χ3v) is 6.04. The molecule has 0 radical (unpaired) electrons. The van der Waals surface area contributed by atoms with Crippen LogP contribution in [0.3, 0.4) is 0 Å². The highest BCUT2D eigenvalue weighted by molar-refractivity contribution is 5.71. The minimum Gasteiger partial charge on any atom is -0.549 e. The predicted octanol–water partition coefficient (Wildman–Crippen LogP) is -4.87. The van der Waals surface area contributed by atoms with Crippen molar-refractivity contribution in [2.24, 2.45) is 0 Å². The molecule has 1 atom stereocenters. The summed E-state index contributed by atoms with van der Waals surface area (Å²) in [6.45, 7) is 0.232. The van der Waals surface area contributed by atoms with E-state index in [1.807, 2.05) is 30.3 Å². The first-order valence-corrected chi connectivity index (χ1v) is 12.0. The molecule has 1 aromatic carbocycles. The largest absolute Gasteiger partial charge is 0.549 e. The average molecular weight is 522 g/mol. The molecule has 0 aromatic heterocycles. The smallest absolute Gasteiger partial charge is 0.317 e. The van der Waals surface area contributed by atoms with Gasteiger partial charge in [-0.2, -0.15) is 0 Å². The molecule has 0 amide bonds. The fraction of sp³-hybridized carbons (Fsp3) is 0.583. The van der Waals surface area contributed by atoms with E-state index in [9.17, 15) is 39.6 Å². The molecule has 1 aromatic rings. The van der Waals surface area contributed by atoms with Crippen molar-refractivity contribution in [3.05, 3.63) is 35.9 Å². The Morgan fingerprint density at radius 3 is 1.65 bits per heavy atom. The zero-order chi connectivity index (χ0) is 27.2. The van der Waals surface area contributed by atoms with Crippen molar-refractivity contribution in [1.29, 1.82) is 0 Å². The Labute approximate surface area is 215 Å². The Morgan fingerprint density at radius 1 is 0.757 bits per heavy atom. The third-order valence-electron chi connectivity index (χ3n) is 6.04. The van der Waals surface area contributed by atoms with Crippen LogP contribution in [0.5, 0.6) is 0 Å². The maximum atomic E-state index is 12.1. The van der Waals surface area contributed by atoms with Gasteiger partial charge in [-0.3, -0.25) is 24.4 Å². The van der Waals surface area contributed by atoms with Gasteiger partial charge < -0.3 is 39.5 Å². The van der Waals surface area contributed by atoms with E-state index < -0.39 is 43.0 Å². The number of hydrogen-bond acceptors (Lipinski definition) is 12. The van der Waals surface area contributed by atoms with Crippen LogP contribution in [0.15, 0.2) is 30.3 Å². The van der Waals surface area contributed by atoms with E-state index in [2.05, 4.69) is 0 Å². The zero-order valence-corrected chi connectivity index (χ0v) is 20.7. The molecule has 1 aliphatic rings. The van der Waals surface area contributed by atoms with Crippen LogP contribution >= 0.6 is 0 Å². The summed E-state index contributed by atoms with van der Waals surface area (Å²) >= 11 is 0. The minimum absolute atomic E-state index is 0.127. The number of carboxylic acids is 4. The second kappa shape index (κ2) is 15.9. The molecule has 1 N–H and O–H groups in total. The monoisotopic (exact) mass is 521 g/mol. The van der Waals surface area contributed by atoms with Crippen LogP contribution in [0.1, 0.15) is 5.56 Å². The first-order chi connectivity index (χ1) is 17.6. The van der Waals surface area contributed by atoms with E-state index in [1.54, 1.807) is 19.6 Å². The Bertz CT molecular complexity index is 854. The van der Waals surface area contributed by atoms with Crippen molar-refractivity contribution < 1.29 is 44.3 Å². The Kier molecular flexibility index (Phi) is 12.9. The lowest BCUT2D eigenvalue weighted by atomic mass is 10.2. The second-order valence-corrected chi connectivity index (χ2v) is 8.84. The Morgan fingerprint density at radius 2 is 1.22 bits per heavy atom. The zero-order valence-electron chi connectivity index (χ0n) is 20.7. The second-order valence-electron chi connectivity index (χ2n) is 8.84. The van der Waals surface area contributed by atoms with Crippen LogP contribution in [0, 0.1) is 0 Å². The summed E-state index contributed by atoms with van der Waals surface area (Å²) in [6.07, 6.45) is 0. The number of carboxylic acid groups (broad SMARTS) is 4. The highest BCUT2D eigenvalue weighted by Crippen LogP contribution is 2.07. The van der Waals surface area contributed by atoms with Gasteiger partial charge >= 0.3 is 5.97 Å². The molecule has 0 spiro atoms. The van der Waals surface area contributed by atoms with Gasteiger partial charge in [0.2, 0.25) is 0 Å². The van der Waals surface area contributed by atoms with E-state index in [-0.39, 0.29) is 72.1 Å². The molecule has 206 valence electrons. The number of hydrogen-bond donors (Lipinski definition) is 1. The third kappa shape index (κ3) is 12.1. The number of carbonyl (C=O) groups excluding carboxylic acids is 3. The molecule has 1 unspecified atom stereocenters. The molecule has 0 aliphatic carbocycles. The van der Waals surface area contributed by atoms with E-state index >= 15 is 0 Å². The number of aliphatic carboxylic acids is 4. The topological polar surface area (TPSA) is 180 Å². The summed E-state index contributed by atoms with van der Waals surface area (Å²) < 4.78 is 5.65. The van der Waals surface area contributed by atoms with Gasteiger partial charge in [0, 0.05) is 65.4 Å². The van der Waals surface area contributed by atoms with Crippen molar-refractivity contribution in [3.8, 4) is 0 Å². The van der Waals surface area contributed by atoms with Gasteiger partial charge in [0.1, 0.15) is 0 Å². The first-order valence-electron chi connectivity index (χ1n) is 12.0. The average Bonchev–Trinajstić information content (AvgIpc) is 2.82. The Balaban J connectivity index is 2.18. The molecular weight excluding hydrogens is 488 g/mol. The van der Waals surface area contributed by atoms with Crippen molar-refractivity contribution in [2.45, 2.75) is 12.6 Å². The number of carbonyl (C=O) groups is 4. The lowest BCUT2D eigenvalue weighted by Gasteiger charge is -2.37. The molecular formula is C24H33N4O9-3. The van der Waals surface area contributed by atoms with Crippen LogP contribution in [-0.2, 0) is 30.5 Å². The molecule has 13 nitrogen and oxygen atoms in total. The summed E-state index contributed by atoms with van der Waals surface area (Å²) in [5, 5.41) is 43.8. The molecule has 2 rings (SSSR count). The van der Waals surface area contributed by atoms with Crippen LogP contribution in [0.2, 0.25) is 0 Å².